The Morgan fingerprint density at radius 3 is 2.41 bits per heavy atom. The number of aliphatic carboxylic acids is 1. The lowest BCUT2D eigenvalue weighted by Crippen LogP contribution is -2.46. The number of urea groups is 1. The Balaban J connectivity index is 1.80. The number of rotatable bonds is 3. The van der Waals surface area contributed by atoms with Crippen LogP contribution in [-0.4, -0.2) is 29.2 Å². The minimum atomic E-state index is -0.806. The van der Waals surface area contributed by atoms with Crippen LogP contribution in [0.5, 0.6) is 0 Å². The van der Waals surface area contributed by atoms with Crippen LogP contribution in [0.15, 0.2) is 0 Å². The summed E-state index contributed by atoms with van der Waals surface area (Å²) < 4.78 is 0. The molecule has 2 saturated carbocycles. The molecule has 0 aromatic rings. The summed E-state index contributed by atoms with van der Waals surface area (Å²) in [6.07, 6.45) is 3.29. The molecule has 0 spiro atoms. The van der Waals surface area contributed by atoms with Crippen LogP contribution in [0.4, 0.5) is 4.79 Å². The van der Waals surface area contributed by atoms with E-state index in [1.165, 1.54) is 0 Å². The zero-order valence-corrected chi connectivity index (χ0v) is 10.3. The number of carbonyl (C=O) groups excluding carboxylic acids is 1. The minimum absolute atomic E-state index is 0.194. The number of carbonyl (C=O) groups is 2. The van der Waals surface area contributed by atoms with Gasteiger partial charge in [0.2, 0.25) is 0 Å². The van der Waals surface area contributed by atoms with Crippen LogP contribution in [0, 0.1) is 11.3 Å². The van der Waals surface area contributed by atoms with Gasteiger partial charge in [0.05, 0.1) is 5.92 Å². The van der Waals surface area contributed by atoms with Crippen LogP contribution in [-0.2, 0) is 4.79 Å². The lowest BCUT2D eigenvalue weighted by Gasteiger charge is -2.18. The molecule has 2 aliphatic rings. The van der Waals surface area contributed by atoms with Gasteiger partial charge in [0, 0.05) is 12.1 Å². The molecule has 0 aliphatic heterocycles. The van der Waals surface area contributed by atoms with E-state index in [1.54, 1.807) is 0 Å². The molecular formula is C12H20N2O3. The fourth-order valence-corrected chi connectivity index (χ4v) is 2.51. The number of carboxylic acids is 1. The fraction of sp³-hybridized carbons (Fsp3) is 0.833. The van der Waals surface area contributed by atoms with E-state index in [-0.39, 0.29) is 23.5 Å². The lowest BCUT2D eigenvalue weighted by molar-refractivity contribution is -0.142. The Morgan fingerprint density at radius 2 is 1.88 bits per heavy atom. The van der Waals surface area contributed by atoms with Crippen molar-refractivity contribution in [2.45, 2.75) is 51.6 Å². The van der Waals surface area contributed by atoms with Crippen LogP contribution in [0.3, 0.4) is 0 Å². The number of nitrogens with one attached hydrogen (secondary N) is 2. The van der Waals surface area contributed by atoms with E-state index < -0.39 is 11.9 Å². The maximum Gasteiger partial charge on any atom is 0.315 e. The monoisotopic (exact) mass is 240 g/mol. The summed E-state index contributed by atoms with van der Waals surface area (Å²) in [5.41, 5.74) is 0.194. The third kappa shape index (κ3) is 2.70. The molecule has 17 heavy (non-hydrogen) atoms. The molecule has 0 heterocycles. The Kier molecular flexibility index (Phi) is 3.02. The van der Waals surface area contributed by atoms with E-state index in [1.807, 2.05) is 0 Å². The topological polar surface area (TPSA) is 78.4 Å². The normalized spacial score (nSPS) is 34.1. The van der Waals surface area contributed by atoms with Crippen molar-refractivity contribution in [3.8, 4) is 0 Å². The highest BCUT2D eigenvalue weighted by molar-refractivity contribution is 5.77. The minimum Gasteiger partial charge on any atom is -0.481 e. The molecule has 5 nitrogen and oxygen atoms in total. The van der Waals surface area contributed by atoms with Crippen molar-refractivity contribution in [1.82, 2.24) is 10.6 Å². The molecule has 2 aliphatic carbocycles. The molecule has 2 rings (SSSR count). The highest BCUT2D eigenvalue weighted by Crippen LogP contribution is 2.44. The Morgan fingerprint density at radius 1 is 1.24 bits per heavy atom. The zero-order chi connectivity index (χ0) is 12.6. The van der Waals surface area contributed by atoms with Crippen molar-refractivity contribution < 1.29 is 14.7 Å². The van der Waals surface area contributed by atoms with Crippen LogP contribution in [0.25, 0.3) is 0 Å². The predicted molar refractivity (Wildman–Crippen MR) is 62.6 cm³/mol. The first-order chi connectivity index (χ1) is 7.90. The van der Waals surface area contributed by atoms with Crippen molar-refractivity contribution in [2.75, 3.05) is 0 Å². The molecular weight excluding hydrogens is 220 g/mol. The van der Waals surface area contributed by atoms with E-state index in [9.17, 15) is 9.59 Å². The zero-order valence-electron chi connectivity index (χ0n) is 10.3. The molecule has 0 radical (unpaired) electrons. The van der Waals surface area contributed by atoms with Crippen molar-refractivity contribution >= 4 is 12.0 Å². The quantitative estimate of drug-likeness (QED) is 0.696. The number of hydrogen-bond acceptors (Lipinski definition) is 2. The Labute approximate surface area is 101 Å². The van der Waals surface area contributed by atoms with E-state index in [0.29, 0.717) is 6.42 Å². The second-order valence-corrected chi connectivity index (χ2v) is 5.85. The highest BCUT2D eigenvalue weighted by atomic mass is 16.4. The summed E-state index contributed by atoms with van der Waals surface area (Å²) in [7, 11) is 0. The molecule has 2 amide bonds. The Bertz CT molecular complexity index is 341. The molecule has 3 N–H and O–H groups in total. The van der Waals surface area contributed by atoms with Gasteiger partial charge in [-0.3, -0.25) is 4.79 Å². The van der Waals surface area contributed by atoms with Gasteiger partial charge < -0.3 is 15.7 Å². The SMILES string of the molecule is CC1(C)CC1NC(=O)NC1CCCC1C(=O)O. The van der Waals surface area contributed by atoms with Gasteiger partial charge in [0.25, 0.3) is 0 Å². The van der Waals surface area contributed by atoms with Crippen LogP contribution in [0.2, 0.25) is 0 Å². The standard InChI is InChI=1S/C12H20N2O3/c1-12(2)6-9(12)14-11(17)13-8-5-3-4-7(8)10(15)16/h7-9H,3-6H2,1-2H3,(H,15,16)(H2,13,14,17). The number of hydrogen-bond donors (Lipinski definition) is 3. The van der Waals surface area contributed by atoms with E-state index in [0.717, 1.165) is 19.3 Å². The molecule has 0 bridgehead atoms. The van der Waals surface area contributed by atoms with Gasteiger partial charge in [-0.25, -0.2) is 4.79 Å². The van der Waals surface area contributed by atoms with Crippen molar-refractivity contribution in [1.29, 1.82) is 0 Å². The van der Waals surface area contributed by atoms with Crippen molar-refractivity contribution in [3.63, 3.8) is 0 Å². The van der Waals surface area contributed by atoms with Crippen molar-refractivity contribution in [3.05, 3.63) is 0 Å². The smallest absolute Gasteiger partial charge is 0.315 e. The summed E-state index contributed by atoms with van der Waals surface area (Å²) in [4.78, 5) is 22.6. The van der Waals surface area contributed by atoms with Gasteiger partial charge in [0.1, 0.15) is 0 Å². The van der Waals surface area contributed by atoms with Crippen LogP contribution >= 0.6 is 0 Å². The molecule has 0 aromatic heterocycles. The molecule has 0 aromatic carbocycles. The van der Waals surface area contributed by atoms with E-state index in [2.05, 4.69) is 24.5 Å². The predicted octanol–water partition coefficient (Wildman–Crippen LogP) is 1.34. The van der Waals surface area contributed by atoms with E-state index in [4.69, 9.17) is 5.11 Å². The second-order valence-electron chi connectivity index (χ2n) is 5.85. The van der Waals surface area contributed by atoms with Gasteiger partial charge in [-0.05, 0) is 24.7 Å². The number of carboxylic acid groups (broad SMARTS) is 1. The Hall–Kier alpha value is -1.26. The first-order valence-electron chi connectivity index (χ1n) is 6.20. The largest absolute Gasteiger partial charge is 0.481 e. The first kappa shape index (κ1) is 12.2. The van der Waals surface area contributed by atoms with E-state index >= 15 is 0 Å². The maximum absolute atomic E-state index is 11.7. The summed E-state index contributed by atoms with van der Waals surface area (Å²) in [6, 6.07) is -0.208. The summed E-state index contributed by atoms with van der Waals surface area (Å²) in [6.45, 7) is 4.21. The molecule has 96 valence electrons. The number of amides is 2. The van der Waals surface area contributed by atoms with Gasteiger partial charge in [0.15, 0.2) is 0 Å². The second kappa shape index (κ2) is 4.20. The third-order valence-electron chi connectivity index (χ3n) is 3.97. The maximum atomic E-state index is 11.7. The van der Waals surface area contributed by atoms with Gasteiger partial charge in [-0.1, -0.05) is 20.3 Å². The van der Waals surface area contributed by atoms with Crippen LogP contribution < -0.4 is 10.6 Å². The fourth-order valence-electron chi connectivity index (χ4n) is 2.51. The average Bonchev–Trinajstić information content (AvgIpc) is 2.62. The molecule has 3 atom stereocenters. The third-order valence-corrected chi connectivity index (χ3v) is 3.97. The van der Waals surface area contributed by atoms with Gasteiger partial charge in [-0.15, -0.1) is 0 Å². The highest BCUT2D eigenvalue weighted by Gasteiger charge is 2.47. The van der Waals surface area contributed by atoms with Crippen LogP contribution in [0.1, 0.15) is 39.5 Å². The first-order valence-corrected chi connectivity index (χ1v) is 6.20. The lowest BCUT2D eigenvalue weighted by atomic mass is 10.0. The van der Waals surface area contributed by atoms with Gasteiger partial charge >= 0.3 is 12.0 Å². The molecule has 0 saturated heterocycles. The van der Waals surface area contributed by atoms with Crippen molar-refractivity contribution in [2.24, 2.45) is 11.3 Å². The average molecular weight is 240 g/mol. The summed E-state index contributed by atoms with van der Waals surface area (Å²) >= 11 is 0. The molecule has 5 heteroatoms. The van der Waals surface area contributed by atoms with Gasteiger partial charge in [-0.2, -0.15) is 0 Å². The molecule has 2 fully saturated rings. The summed E-state index contributed by atoms with van der Waals surface area (Å²) in [5, 5.41) is 14.7. The summed E-state index contributed by atoms with van der Waals surface area (Å²) in [5.74, 6) is -1.23. The molecule has 3 unspecified atom stereocenters.